The predicted octanol–water partition coefficient (Wildman–Crippen LogP) is 4.84. The van der Waals surface area contributed by atoms with Crippen molar-refractivity contribution >= 4 is 11.6 Å². The summed E-state index contributed by atoms with van der Waals surface area (Å²) in [6, 6.07) is 13.4. The van der Waals surface area contributed by atoms with Crippen LogP contribution in [0.2, 0.25) is 5.02 Å². The van der Waals surface area contributed by atoms with Crippen molar-refractivity contribution in [1.29, 1.82) is 0 Å². The Bertz CT molecular complexity index is 512. The smallest absolute Gasteiger partial charge is 0.117 e. The molecule has 1 nitrogen and oxygen atoms in total. The van der Waals surface area contributed by atoms with Crippen LogP contribution < -0.4 is 0 Å². The SMILES string of the molecule is CC(C)c1cccc(-c2cc(O)cc(Cl)c2)c1. The van der Waals surface area contributed by atoms with Gasteiger partial charge < -0.3 is 5.11 Å². The number of hydrogen-bond acceptors (Lipinski definition) is 1. The third-order valence-corrected chi connectivity index (χ3v) is 2.99. The van der Waals surface area contributed by atoms with E-state index in [9.17, 15) is 5.11 Å². The quantitative estimate of drug-likeness (QED) is 0.804. The van der Waals surface area contributed by atoms with Crippen molar-refractivity contribution in [2.75, 3.05) is 0 Å². The zero-order chi connectivity index (χ0) is 12.4. The molecule has 0 atom stereocenters. The zero-order valence-corrected chi connectivity index (χ0v) is 10.7. The van der Waals surface area contributed by atoms with Crippen LogP contribution in [-0.4, -0.2) is 5.11 Å². The molecule has 0 saturated carbocycles. The standard InChI is InChI=1S/C15H15ClO/c1-10(2)11-4-3-5-12(6-11)13-7-14(16)9-15(17)8-13/h3-10,17H,1-2H3. The second-order valence-electron chi connectivity index (χ2n) is 4.48. The summed E-state index contributed by atoms with van der Waals surface area (Å²) in [5.74, 6) is 0.685. The number of halogens is 1. The van der Waals surface area contributed by atoms with Crippen molar-refractivity contribution in [1.82, 2.24) is 0 Å². The summed E-state index contributed by atoms with van der Waals surface area (Å²) in [5.41, 5.74) is 3.30. The lowest BCUT2D eigenvalue weighted by atomic mass is 9.97. The number of phenolic OH excluding ortho intramolecular Hbond substituents is 1. The van der Waals surface area contributed by atoms with E-state index in [0.29, 0.717) is 10.9 Å². The lowest BCUT2D eigenvalue weighted by molar-refractivity contribution is 0.475. The molecule has 0 heterocycles. The van der Waals surface area contributed by atoms with E-state index < -0.39 is 0 Å². The Morgan fingerprint density at radius 3 is 2.41 bits per heavy atom. The molecule has 0 aliphatic carbocycles. The Morgan fingerprint density at radius 2 is 1.76 bits per heavy atom. The summed E-state index contributed by atoms with van der Waals surface area (Å²) in [6.07, 6.45) is 0. The van der Waals surface area contributed by atoms with E-state index in [-0.39, 0.29) is 5.75 Å². The maximum Gasteiger partial charge on any atom is 0.117 e. The van der Waals surface area contributed by atoms with Gasteiger partial charge in [0.05, 0.1) is 0 Å². The Labute approximate surface area is 107 Å². The van der Waals surface area contributed by atoms with E-state index in [1.807, 2.05) is 18.2 Å². The van der Waals surface area contributed by atoms with Gasteiger partial charge in [-0.2, -0.15) is 0 Å². The van der Waals surface area contributed by atoms with E-state index in [1.165, 1.54) is 11.6 Å². The van der Waals surface area contributed by atoms with Gasteiger partial charge in [-0.1, -0.05) is 49.7 Å². The molecular formula is C15H15ClO. The van der Waals surface area contributed by atoms with Gasteiger partial charge in [0.1, 0.15) is 5.75 Å². The molecule has 0 bridgehead atoms. The molecule has 1 N–H and O–H groups in total. The molecule has 2 aromatic carbocycles. The van der Waals surface area contributed by atoms with E-state index in [0.717, 1.165) is 11.1 Å². The highest BCUT2D eigenvalue weighted by atomic mass is 35.5. The highest BCUT2D eigenvalue weighted by molar-refractivity contribution is 6.31. The second kappa shape index (κ2) is 4.80. The van der Waals surface area contributed by atoms with Gasteiger partial charge in [0, 0.05) is 5.02 Å². The lowest BCUT2D eigenvalue weighted by Crippen LogP contribution is -1.87. The number of hydrogen-bond donors (Lipinski definition) is 1. The maximum absolute atomic E-state index is 9.55. The molecule has 0 amide bonds. The predicted molar refractivity (Wildman–Crippen MR) is 72.6 cm³/mol. The zero-order valence-electron chi connectivity index (χ0n) is 9.94. The van der Waals surface area contributed by atoms with Crippen LogP contribution in [0.25, 0.3) is 11.1 Å². The molecule has 0 unspecified atom stereocenters. The van der Waals surface area contributed by atoms with Crippen molar-refractivity contribution in [3.8, 4) is 16.9 Å². The van der Waals surface area contributed by atoms with Crippen molar-refractivity contribution in [3.63, 3.8) is 0 Å². The van der Waals surface area contributed by atoms with Gasteiger partial charge in [0.15, 0.2) is 0 Å². The Kier molecular flexibility index (Phi) is 3.39. The minimum Gasteiger partial charge on any atom is -0.508 e. The minimum atomic E-state index is 0.197. The second-order valence-corrected chi connectivity index (χ2v) is 4.91. The Balaban J connectivity index is 2.49. The monoisotopic (exact) mass is 246 g/mol. The van der Waals surface area contributed by atoms with Crippen molar-refractivity contribution in [3.05, 3.63) is 53.1 Å². The first kappa shape index (κ1) is 12.0. The average Bonchev–Trinajstić information content (AvgIpc) is 2.28. The van der Waals surface area contributed by atoms with Gasteiger partial charge in [-0.3, -0.25) is 0 Å². The van der Waals surface area contributed by atoms with E-state index >= 15 is 0 Å². The highest BCUT2D eigenvalue weighted by Gasteiger charge is 2.04. The number of benzene rings is 2. The molecule has 0 aliphatic rings. The summed E-state index contributed by atoms with van der Waals surface area (Å²) in [6.45, 7) is 4.32. The van der Waals surface area contributed by atoms with Crippen LogP contribution >= 0.6 is 11.6 Å². The fourth-order valence-electron chi connectivity index (χ4n) is 1.82. The molecule has 2 heteroatoms. The molecule has 0 aromatic heterocycles. The topological polar surface area (TPSA) is 20.2 Å². The van der Waals surface area contributed by atoms with E-state index in [2.05, 4.69) is 26.0 Å². The maximum atomic E-state index is 9.55. The van der Waals surface area contributed by atoms with Crippen molar-refractivity contribution in [2.45, 2.75) is 19.8 Å². The van der Waals surface area contributed by atoms with Gasteiger partial charge in [-0.05, 0) is 40.8 Å². The Hall–Kier alpha value is -1.47. The highest BCUT2D eigenvalue weighted by Crippen LogP contribution is 2.29. The fraction of sp³-hybridized carbons (Fsp3) is 0.200. The molecule has 2 aromatic rings. The summed E-state index contributed by atoms with van der Waals surface area (Å²) in [7, 11) is 0. The van der Waals surface area contributed by atoms with Crippen LogP contribution in [0.15, 0.2) is 42.5 Å². The van der Waals surface area contributed by atoms with Crippen LogP contribution in [0.3, 0.4) is 0 Å². The average molecular weight is 247 g/mol. The van der Waals surface area contributed by atoms with Gasteiger partial charge in [-0.25, -0.2) is 0 Å². The van der Waals surface area contributed by atoms with E-state index in [4.69, 9.17) is 11.6 Å². The third-order valence-electron chi connectivity index (χ3n) is 2.77. The lowest BCUT2D eigenvalue weighted by Gasteiger charge is -2.09. The molecule has 0 saturated heterocycles. The van der Waals surface area contributed by atoms with Crippen LogP contribution in [-0.2, 0) is 0 Å². The van der Waals surface area contributed by atoms with Crippen LogP contribution in [0, 0.1) is 0 Å². The van der Waals surface area contributed by atoms with Crippen LogP contribution in [0.4, 0.5) is 0 Å². The normalized spacial score (nSPS) is 10.8. The van der Waals surface area contributed by atoms with Crippen LogP contribution in [0.5, 0.6) is 5.75 Å². The van der Waals surface area contributed by atoms with Crippen molar-refractivity contribution in [2.24, 2.45) is 0 Å². The first-order chi connectivity index (χ1) is 8.06. The Morgan fingerprint density at radius 1 is 1.00 bits per heavy atom. The first-order valence-electron chi connectivity index (χ1n) is 5.66. The van der Waals surface area contributed by atoms with Crippen molar-refractivity contribution < 1.29 is 5.11 Å². The molecule has 88 valence electrons. The largest absolute Gasteiger partial charge is 0.508 e. The number of rotatable bonds is 2. The molecule has 0 aliphatic heterocycles. The third kappa shape index (κ3) is 2.80. The van der Waals surface area contributed by atoms with E-state index in [1.54, 1.807) is 6.07 Å². The van der Waals surface area contributed by atoms with Gasteiger partial charge in [-0.15, -0.1) is 0 Å². The first-order valence-corrected chi connectivity index (χ1v) is 6.04. The molecule has 0 fully saturated rings. The van der Waals surface area contributed by atoms with Gasteiger partial charge in [0.2, 0.25) is 0 Å². The van der Waals surface area contributed by atoms with Gasteiger partial charge >= 0.3 is 0 Å². The molecule has 17 heavy (non-hydrogen) atoms. The molecular weight excluding hydrogens is 232 g/mol. The summed E-state index contributed by atoms with van der Waals surface area (Å²) in [4.78, 5) is 0. The summed E-state index contributed by atoms with van der Waals surface area (Å²) >= 11 is 5.94. The fourth-order valence-corrected chi connectivity index (χ4v) is 2.05. The molecule has 0 spiro atoms. The number of phenols is 1. The summed E-state index contributed by atoms with van der Waals surface area (Å²) in [5, 5.41) is 10.1. The molecule has 0 radical (unpaired) electrons. The van der Waals surface area contributed by atoms with Gasteiger partial charge in [0.25, 0.3) is 0 Å². The van der Waals surface area contributed by atoms with Crippen LogP contribution in [0.1, 0.15) is 25.3 Å². The minimum absolute atomic E-state index is 0.197. The summed E-state index contributed by atoms with van der Waals surface area (Å²) < 4.78 is 0. The molecule has 2 rings (SSSR count). The number of aromatic hydroxyl groups is 1.